The Morgan fingerprint density at radius 1 is 1.60 bits per heavy atom. The number of carbonyl (C=O) groups excluding carboxylic acids is 1. The molecule has 0 unspecified atom stereocenters. The molecule has 2 N–H and O–H groups in total. The normalized spacial score (nSPS) is 27.6. The first-order valence-corrected chi connectivity index (χ1v) is 7.38. The van der Waals surface area contributed by atoms with Crippen LogP contribution in [0.15, 0.2) is 12.3 Å². The van der Waals surface area contributed by atoms with Crippen molar-refractivity contribution >= 4 is 17.1 Å². The van der Waals surface area contributed by atoms with Gasteiger partial charge in [-0.05, 0) is 31.2 Å². The number of aryl methyl sites for hydroxylation is 1. The van der Waals surface area contributed by atoms with Crippen molar-refractivity contribution in [2.45, 2.75) is 44.6 Å². The minimum atomic E-state index is 0.00750. The van der Waals surface area contributed by atoms with Crippen LogP contribution in [0, 0.1) is 5.92 Å². The summed E-state index contributed by atoms with van der Waals surface area (Å²) in [7, 11) is 0. The van der Waals surface area contributed by atoms with E-state index in [1.807, 2.05) is 6.92 Å². The smallest absolute Gasteiger partial charge is 0.254 e. The minimum Gasteiger partial charge on any atom is -0.346 e. The van der Waals surface area contributed by atoms with Crippen LogP contribution in [0.5, 0.6) is 0 Å². The molecule has 4 rings (SSSR count). The molecule has 2 saturated carbocycles. The average Bonchev–Trinajstić information content (AvgIpc) is 2.84. The third-order valence-electron chi connectivity index (χ3n) is 4.79. The molecule has 0 aromatic carbocycles. The molecule has 20 heavy (non-hydrogen) atoms. The van der Waals surface area contributed by atoms with E-state index in [0.29, 0.717) is 17.1 Å². The lowest BCUT2D eigenvalue weighted by molar-refractivity contribution is 0.0931. The molecule has 0 spiro atoms. The summed E-state index contributed by atoms with van der Waals surface area (Å²) < 4.78 is 0. The highest BCUT2D eigenvalue weighted by molar-refractivity contribution is 6.04. The van der Waals surface area contributed by atoms with Gasteiger partial charge < -0.3 is 10.3 Å². The van der Waals surface area contributed by atoms with Gasteiger partial charge in [-0.1, -0.05) is 13.3 Å². The highest BCUT2D eigenvalue weighted by atomic mass is 16.1. The number of carbonyl (C=O) groups is 1. The third kappa shape index (κ3) is 1.65. The lowest BCUT2D eigenvalue weighted by atomic mass is 10.1. The van der Waals surface area contributed by atoms with E-state index in [1.54, 1.807) is 12.3 Å². The van der Waals surface area contributed by atoms with E-state index in [1.165, 1.54) is 12.8 Å². The molecule has 104 valence electrons. The molecule has 2 aromatic rings. The number of nitrogens with zero attached hydrogens (tertiary/aromatic N) is 2. The Kier molecular flexibility index (Phi) is 2.40. The Labute approximate surface area is 117 Å². The van der Waals surface area contributed by atoms with E-state index in [0.717, 1.165) is 30.6 Å². The first kappa shape index (κ1) is 11.9. The maximum atomic E-state index is 12.6. The van der Waals surface area contributed by atoms with Crippen LogP contribution >= 0.6 is 0 Å². The summed E-state index contributed by atoms with van der Waals surface area (Å²) in [5.41, 5.74) is 2.15. The van der Waals surface area contributed by atoms with Crippen molar-refractivity contribution in [3.63, 3.8) is 0 Å². The van der Waals surface area contributed by atoms with Crippen molar-refractivity contribution in [3.8, 4) is 0 Å². The Hall–Kier alpha value is -1.91. The number of H-pyrrole nitrogens is 1. The zero-order valence-corrected chi connectivity index (χ0v) is 11.6. The van der Waals surface area contributed by atoms with Crippen molar-refractivity contribution in [3.05, 3.63) is 23.7 Å². The number of hydrogen-bond donors (Lipinski definition) is 2. The second kappa shape index (κ2) is 4.04. The van der Waals surface area contributed by atoms with Crippen LogP contribution in [0.1, 0.15) is 48.8 Å². The second-order valence-electron chi connectivity index (χ2n) is 6.00. The Balaban J connectivity index is 1.67. The molecule has 2 heterocycles. The predicted octanol–water partition coefficient (Wildman–Crippen LogP) is 2.19. The van der Waals surface area contributed by atoms with Crippen molar-refractivity contribution in [2.24, 2.45) is 5.92 Å². The van der Waals surface area contributed by atoms with Crippen LogP contribution in [0.2, 0.25) is 0 Å². The zero-order chi connectivity index (χ0) is 13.7. The molecule has 0 bridgehead atoms. The Morgan fingerprint density at radius 2 is 2.50 bits per heavy atom. The summed E-state index contributed by atoms with van der Waals surface area (Å²) in [6.07, 6.45) is 7.24. The number of nitrogens with one attached hydrogen (secondary N) is 2. The number of pyridine rings is 1. The van der Waals surface area contributed by atoms with Crippen molar-refractivity contribution in [2.75, 3.05) is 0 Å². The average molecular weight is 270 g/mol. The molecule has 5 heteroatoms. The third-order valence-corrected chi connectivity index (χ3v) is 4.79. The fourth-order valence-electron chi connectivity index (χ4n) is 3.55. The fourth-order valence-corrected chi connectivity index (χ4v) is 3.55. The number of fused-ring (bicyclic) bond motifs is 2. The molecule has 2 aliphatic rings. The van der Waals surface area contributed by atoms with Crippen LogP contribution in [-0.2, 0) is 6.42 Å². The van der Waals surface area contributed by atoms with E-state index < -0.39 is 0 Å². The fraction of sp³-hybridized carbons (Fsp3) is 0.533. The molecule has 0 radical (unpaired) electrons. The number of rotatable bonds is 3. The maximum Gasteiger partial charge on any atom is 0.254 e. The quantitative estimate of drug-likeness (QED) is 0.898. The van der Waals surface area contributed by atoms with Gasteiger partial charge >= 0.3 is 0 Å². The molecule has 2 aliphatic carbocycles. The molecular formula is C15H18N4O. The summed E-state index contributed by atoms with van der Waals surface area (Å²) in [6, 6.07) is 1.78. The minimum absolute atomic E-state index is 0.00750. The number of aromatic amines is 1. The number of amides is 1. The van der Waals surface area contributed by atoms with Crippen LogP contribution < -0.4 is 5.32 Å². The number of hydrogen-bond acceptors (Lipinski definition) is 3. The number of aromatic nitrogens is 3. The van der Waals surface area contributed by atoms with Gasteiger partial charge in [-0.3, -0.25) is 4.79 Å². The molecule has 2 fully saturated rings. The van der Waals surface area contributed by atoms with Gasteiger partial charge in [0.05, 0.1) is 11.1 Å². The van der Waals surface area contributed by atoms with E-state index in [4.69, 9.17) is 0 Å². The van der Waals surface area contributed by atoms with Gasteiger partial charge in [0.1, 0.15) is 5.82 Å². The molecule has 2 atom stereocenters. The SMILES string of the molecule is CCc1nc2nccc(C(=O)N[C@@]34CCC[C@@H]3C4)c2[nH]1. The Bertz CT molecular complexity index is 692. The van der Waals surface area contributed by atoms with Gasteiger partial charge in [0.2, 0.25) is 0 Å². The van der Waals surface area contributed by atoms with Crippen LogP contribution in [0.4, 0.5) is 0 Å². The summed E-state index contributed by atoms with van der Waals surface area (Å²) in [4.78, 5) is 24.4. The molecule has 1 amide bonds. The largest absolute Gasteiger partial charge is 0.346 e. The summed E-state index contributed by atoms with van der Waals surface area (Å²) in [5, 5.41) is 3.25. The van der Waals surface area contributed by atoms with Crippen LogP contribution in [0.3, 0.4) is 0 Å². The van der Waals surface area contributed by atoms with Crippen molar-refractivity contribution in [1.82, 2.24) is 20.3 Å². The monoisotopic (exact) mass is 270 g/mol. The van der Waals surface area contributed by atoms with E-state index in [-0.39, 0.29) is 11.4 Å². The highest BCUT2D eigenvalue weighted by Crippen LogP contribution is 2.55. The molecular weight excluding hydrogens is 252 g/mol. The summed E-state index contributed by atoms with van der Waals surface area (Å²) >= 11 is 0. The maximum absolute atomic E-state index is 12.6. The van der Waals surface area contributed by atoms with E-state index >= 15 is 0 Å². The van der Waals surface area contributed by atoms with Gasteiger partial charge in [-0.25, -0.2) is 9.97 Å². The first-order valence-electron chi connectivity index (χ1n) is 7.38. The van der Waals surface area contributed by atoms with Gasteiger partial charge in [-0.15, -0.1) is 0 Å². The molecule has 0 aliphatic heterocycles. The molecule has 5 nitrogen and oxygen atoms in total. The van der Waals surface area contributed by atoms with E-state index in [9.17, 15) is 4.79 Å². The summed E-state index contributed by atoms with van der Waals surface area (Å²) in [6.45, 7) is 2.03. The summed E-state index contributed by atoms with van der Waals surface area (Å²) in [5.74, 6) is 1.58. The number of imidazole rings is 1. The van der Waals surface area contributed by atoms with Crippen LogP contribution in [-0.4, -0.2) is 26.4 Å². The topological polar surface area (TPSA) is 70.7 Å². The predicted molar refractivity (Wildman–Crippen MR) is 75.4 cm³/mol. The van der Waals surface area contributed by atoms with Crippen molar-refractivity contribution in [1.29, 1.82) is 0 Å². The first-order chi connectivity index (χ1) is 9.72. The van der Waals surface area contributed by atoms with E-state index in [2.05, 4.69) is 20.3 Å². The van der Waals surface area contributed by atoms with Gasteiger partial charge in [0, 0.05) is 18.2 Å². The second-order valence-corrected chi connectivity index (χ2v) is 6.00. The lowest BCUT2D eigenvalue weighted by Gasteiger charge is -2.14. The van der Waals surface area contributed by atoms with Crippen LogP contribution in [0.25, 0.3) is 11.2 Å². The highest BCUT2D eigenvalue weighted by Gasteiger charge is 2.57. The molecule has 2 aromatic heterocycles. The Morgan fingerprint density at radius 3 is 3.20 bits per heavy atom. The molecule has 0 saturated heterocycles. The van der Waals surface area contributed by atoms with Crippen molar-refractivity contribution < 1.29 is 4.79 Å². The lowest BCUT2D eigenvalue weighted by Crippen LogP contribution is -2.36. The van der Waals surface area contributed by atoms with Gasteiger partial charge in [-0.2, -0.15) is 0 Å². The van der Waals surface area contributed by atoms with Gasteiger partial charge in [0.25, 0.3) is 5.91 Å². The van der Waals surface area contributed by atoms with Gasteiger partial charge in [0.15, 0.2) is 5.65 Å². The standard InChI is InChI=1S/C15H18N4O/c1-2-11-17-12-10(5-7-16-13(12)18-11)14(20)19-15-6-3-4-9(15)8-15/h5,7,9H,2-4,6,8H2,1H3,(H,19,20)(H,16,17,18)/t9-,15-/m1/s1. The zero-order valence-electron chi connectivity index (χ0n) is 11.6.